The minimum atomic E-state index is -0.326. The van der Waals surface area contributed by atoms with Gasteiger partial charge >= 0.3 is 0 Å². The predicted octanol–water partition coefficient (Wildman–Crippen LogP) is 3.91. The van der Waals surface area contributed by atoms with Crippen LogP contribution in [0.2, 0.25) is 0 Å². The van der Waals surface area contributed by atoms with E-state index >= 15 is 0 Å². The third kappa shape index (κ3) is 3.20. The van der Waals surface area contributed by atoms with Crippen LogP contribution in [-0.2, 0) is 6.54 Å². The molecule has 0 aliphatic heterocycles. The van der Waals surface area contributed by atoms with E-state index in [0.29, 0.717) is 17.7 Å². The second kappa shape index (κ2) is 5.83. The molecule has 0 saturated heterocycles. The van der Waals surface area contributed by atoms with Crippen molar-refractivity contribution in [2.24, 2.45) is 0 Å². The minimum absolute atomic E-state index is 0.326. The van der Waals surface area contributed by atoms with Gasteiger partial charge in [-0.15, -0.1) is 0 Å². The van der Waals surface area contributed by atoms with Crippen molar-refractivity contribution >= 4 is 28.3 Å². The van der Waals surface area contributed by atoms with Crippen LogP contribution in [0.3, 0.4) is 0 Å². The number of nitriles is 1. The predicted molar refractivity (Wildman–Crippen MR) is 77.6 cm³/mol. The minimum Gasteiger partial charge on any atom is -0.381 e. The van der Waals surface area contributed by atoms with Gasteiger partial charge in [-0.05, 0) is 70.6 Å². The molecule has 2 nitrogen and oxygen atoms in total. The van der Waals surface area contributed by atoms with Gasteiger partial charge in [-0.25, -0.2) is 4.39 Å². The van der Waals surface area contributed by atoms with Gasteiger partial charge in [0.05, 0.1) is 11.6 Å². The molecule has 2 aromatic carbocycles. The Morgan fingerprint density at radius 2 is 1.89 bits per heavy atom. The molecular formula is C14H10FIN2. The molecular weight excluding hydrogens is 342 g/mol. The average molecular weight is 352 g/mol. The average Bonchev–Trinajstić information content (AvgIpc) is 2.38. The molecule has 0 spiro atoms. The maximum Gasteiger partial charge on any atom is 0.123 e. The maximum absolute atomic E-state index is 13.1. The van der Waals surface area contributed by atoms with E-state index in [1.165, 1.54) is 18.2 Å². The number of halogens is 2. The van der Waals surface area contributed by atoms with Crippen LogP contribution in [0.5, 0.6) is 0 Å². The Morgan fingerprint density at radius 3 is 2.56 bits per heavy atom. The summed E-state index contributed by atoms with van der Waals surface area (Å²) < 4.78 is 14.3. The Bertz CT molecular complexity index is 588. The number of nitrogens with zero attached hydrogens (tertiary/aromatic N) is 1. The van der Waals surface area contributed by atoms with Crippen LogP contribution in [0.15, 0.2) is 42.5 Å². The van der Waals surface area contributed by atoms with Crippen molar-refractivity contribution in [3.8, 4) is 6.07 Å². The highest BCUT2D eigenvalue weighted by atomic mass is 127. The molecule has 18 heavy (non-hydrogen) atoms. The highest BCUT2D eigenvalue weighted by Crippen LogP contribution is 2.15. The number of anilines is 1. The van der Waals surface area contributed by atoms with E-state index in [0.717, 1.165) is 9.26 Å². The van der Waals surface area contributed by atoms with Gasteiger partial charge < -0.3 is 5.32 Å². The lowest BCUT2D eigenvalue weighted by Gasteiger charge is -2.08. The summed E-state index contributed by atoms with van der Waals surface area (Å²) in [5, 5.41) is 12.1. The summed E-state index contributed by atoms with van der Waals surface area (Å²) in [6, 6.07) is 14.1. The molecule has 4 heteroatoms. The summed E-state index contributed by atoms with van der Waals surface area (Å²) in [6.07, 6.45) is 0. The van der Waals surface area contributed by atoms with Gasteiger partial charge in [-0.1, -0.05) is 0 Å². The molecule has 0 fully saturated rings. The summed E-state index contributed by atoms with van der Waals surface area (Å²) in [5.41, 5.74) is 2.11. The van der Waals surface area contributed by atoms with E-state index in [1.54, 1.807) is 0 Å². The monoisotopic (exact) mass is 352 g/mol. The molecule has 2 aromatic rings. The third-order valence-corrected chi connectivity index (χ3v) is 3.23. The van der Waals surface area contributed by atoms with Gasteiger partial charge in [0.15, 0.2) is 0 Å². The largest absolute Gasteiger partial charge is 0.381 e. The molecule has 0 aliphatic carbocycles. The Morgan fingerprint density at radius 1 is 1.17 bits per heavy atom. The summed E-state index contributed by atoms with van der Waals surface area (Å²) in [4.78, 5) is 0. The fourth-order valence-corrected chi connectivity index (χ4v) is 1.94. The Labute approximate surface area is 119 Å². The smallest absolute Gasteiger partial charge is 0.123 e. The van der Waals surface area contributed by atoms with Crippen molar-refractivity contribution in [2.45, 2.75) is 6.54 Å². The van der Waals surface area contributed by atoms with Gasteiger partial charge in [0.1, 0.15) is 5.82 Å². The molecule has 90 valence electrons. The Balaban J connectivity index is 2.13. The van der Waals surface area contributed by atoms with Crippen LogP contribution in [-0.4, -0.2) is 0 Å². The van der Waals surface area contributed by atoms with Gasteiger partial charge in [-0.2, -0.15) is 5.26 Å². The van der Waals surface area contributed by atoms with Crippen molar-refractivity contribution in [1.29, 1.82) is 5.26 Å². The van der Waals surface area contributed by atoms with E-state index < -0.39 is 0 Å². The van der Waals surface area contributed by atoms with E-state index in [1.807, 2.05) is 24.3 Å². The van der Waals surface area contributed by atoms with Crippen molar-refractivity contribution < 1.29 is 4.39 Å². The standard InChI is InChI=1S/C14H10FIN2/c15-12-2-1-10(8-17)11(7-12)9-18-14-5-3-13(16)4-6-14/h1-7,18H,9H2. The highest BCUT2D eigenvalue weighted by Gasteiger charge is 2.03. The molecule has 0 atom stereocenters. The van der Waals surface area contributed by atoms with Crippen molar-refractivity contribution in [1.82, 2.24) is 0 Å². The number of benzene rings is 2. The van der Waals surface area contributed by atoms with Crippen LogP contribution >= 0.6 is 22.6 Å². The number of rotatable bonds is 3. The lowest BCUT2D eigenvalue weighted by Crippen LogP contribution is -2.02. The molecule has 0 aliphatic rings. The number of nitrogens with one attached hydrogen (secondary N) is 1. The summed E-state index contributed by atoms with van der Waals surface area (Å²) in [7, 11) is 0. The van der Waals surface area contributed by atoms with Gasteiger partial charge in [-0.3, -0.25) is 0 Å². The first-order valence-electron chi connectivity index (χ1n) is 5.37. The third-order valence-electron chi connectivity index (χ3n) is 2.51. The molecule has 0 saturated carbocycles. The fraction of sp³-hybridized carbons (Fsp3) is 0.0714. The molecule has 2 rings (SSSR count). The lowest BCUT2D eigenvalue weighted by atomic mass is 10.1. The SMILES string of the molecule is N#Cc1ccc(F)cc1CNc1ccc(I)cc1. The zero-order chi connectivity index (χ0) is 13.0. The normalized spacial score (nSPS) is 9.83. The molecule has 0 unspecified atom stereocenters. The fourth-order valence-electron chi connectivity index (χ4n) is 1.58. The quantitative estimate of drug-likeness (QED) is 0.851. The molecule has 1 N–H and O–H groups in total. The molecule has 0 aromatic heterocycles. The molecule has 0 amide bonds. The van der Waals surface area contributed by atoms with Crippen LogP contribution in [0.1, 0.15) is 11.1 Å². The Kier molecular flexibility index (Phi) is 4.15. The molecule has 0 bridgehead atoms. The summed E-state index contributed by atoms with van der Waals surface area (Å²) in [5.74, 6) is -0.326. The summed E-state index contributed by atoms with van der Waals surface area (Å²) in [6.45, 7) is 0.432. The first kappa shape index (κ1) is 12.8. The van der Waals surface area contributed by atoms with E-state index in [4.69, 9.17) is 5.26 Å². The van der Waals surface area contributed by atoms with E-state index in [-0.39, 0.29) is 5.82 Å². The first-order chi connectivity index (χ1) is 8.69. The van der Waals surface area contributed by atoms with Crippen molar-refractivity contribution in [2.75, 3.05) is 5.32 Å². The van der Waals surface area contributed by atoms with Crippen molar-refractivity contribution in [3.63, 3.8) is 0 Å². The van der Waals surface area contributed by atoms with Gasteiger partial charge in [0.2, 0.25) is 0 Å². The maximum atomic E-state index is 13.1. The van der Waals surface area contributed by atoms with Crippen LogP contribution in [0.25, 0.3) is 0 Å². The van der Waals surface area contributed by atoms with Crippen LogP contribution in [0.4, 0.5) is 10.1 Å². The number of hydrogen-bond donors (Lipinski definition) is 1. The van der Waals surface area contributed by atoms with Crippen molar-refractivity contribution in [3.05, 3.63) is 63.0 Å². The molecule has 0 radical (unpaired) electrons. The zero-order valence-corrected chi connectivity index (χ0v) is 11.6. The molecule has 0 heterocycles. The zero-order valence-electron chi connectivity index (χ0n) is 9.45. The van der Waals surface area contributed by atoms with Gasteiger partial charge in [0, 0.05) is 15.8 Å². The first-order valence-corrected chi connectivity index (χ1v) is 6.45. The van der Waals surface area contributed by atoms with Gasteiger partial charge in [0.25, 0.3) is 0 Å². The lowest BCUT2D eigenvalue weighted by molar-refractivity contribution is 0.625. The van der Waals surface area contributed by atoms with Crippen LogP contribution < -0.4 is 5.32 Å². The second-order valence-electron chi connectivity index (χ2n) is 3.77. The Hall–Kier alpha value is -1.61. The van der Waals surface area contributed by atoms with E-state index in [9.17, 15) is 4.39 Å². The van der Waals surface area contributed by atoms with E-state index in [2.05, 4.69) is 34.0 Å². The van der Waals surface area contributed by atoms with Crippen LogP contribution in [0, 0.1) is 20.7 Å². The number of hydrogen-bond acceptors (Lipinski definition) is 2. The highest BCUT2D eigenvalue weighted by molar-refractivity contribution is 14.1. The second-order valence-corrected chi connectivity index (χ2v) is 5.02. The topological polar surface area (TPSA) is 35.8 Å². The summed E-state index contributed by atoms with van der Waals surface area (Å²) >= 11 is 2.23.